The first-order valence-electron chi connectivity index (χ1n) is 7.91. The van der Waals surface area contributed by atoms with Crippen LogP contribution < -0.4 is 15.4 Å². The number of amides is 1. The summed E-state index contributed by atoms with van der Waals surface area (Å²) in [4.78, 5) is 23.6. The van der Waals surface area contributed by atoms with Gasteiger partial charge in [0, 0.05) is 17.8 Å². The van der Waals surface area contributed by atoms with Crippen molar-refractivity contribution in [2.45, 2.75) is 12.5 Å². The Hall–Kier alpha value is -2.80. The molecule has 0 spiro atoms. The Morgan fingerprint density at radius 3 is 3.00 bits per heavy atom. The topological polar surface area (TPSA) is 91.9 Å². The van der Waals surface area contributed by atoms with Gasteiger partial charge in [-0.3, -0.25) is 4.79 Å². The minimum Gasteiger partial charge on any atom is -0.489 e. The van der Waals surface area contributed by atoms with Gasteiger partial charge in [-0.1, -0.05) is 23.7 Å². The van der Waals surface area contributed by atoms with E-state index in [1.165, 1.54) is 6.33 Å². The summed E-state index contributed by atoms with van der Waals surface area (Å²) < 4.78 is 5.80. The fourth-order valence-electron chi connectivity index (χ4n) is 2.78. The molecule has 3 heterocycles. The minimum atomic E-state index is -0.0836. The summed E-state index contributed by atoms with van der Waals surface area (Å²) in [7, 11) is 0. The Morgan fingerprint density at radius 1 is 1.32 bits per heavy atom. The van der Waals surface area contributed by atoms with E-state index < -0.39 is 0 Å². The van der Waals surface area contributed by atoms with Gasteiger partial charge in [-0.2, -0.15) is 0 Å². The van der Waals surface area contributed by atoms with E-state index in [0.717, 1.165) is 16.6 Å². The molecule has 1 aromatic carbocycles. The van der Waals surface area contributed by atoms with Crippen LogP contribution in [0.2, 0.25) is 5.02 Å². The van der Waals surface area contributed by atoms with Crippen molar-refractivity contribution in [2.24, 2.45) is 0 Å². The maximum Gasteiger partial charge on any atom is 0.224 e. The van der Waals surface area contributed by atoms with Gasteiger partial charge >= 0.3 is 0 Å². The number of ether oxygens (including phenoxy) is 1. The molecular formula is C17H16ClN5O2. The van der Waals surface area contributed by atoms with Crippen LogP contribution in [-0.4, -0.2) is 40.1 Å². The number of anilines is 1. The average Bonchev–Trinajstić information content (AvgIpc) is 2.94. The fourth-order valence-corrected chi connectivity index (χ4v) is 2.91. The van der Waals surface area contributed by atoms with Crippen molar-refractivity contribution in [3.63, 3.8) is 0 Å². The molecule has 0 aliphatic carbocycles. The molecule has 3 N–H and O–H groups in total. The fraction of sp³-hybridized carbons (Fsp3) is 0.235. The Morgan fingerprint density at radius 2 is 2.16 bits per heavy atom. The molecule has 3 aromatic rings. The van der Waals surface area contributed by atoms with Crippen molar-refractivity contribution in [3.05, 3.63) is 47.4 Å². The van der Waals surface area contributed by atoms with E-state index in [9.17, 15) is 4.79 Å². The maximum absolute atomic E-state index is 12.1. The molecular weight excluding hydrogens is 342 g/mol. The molecule has 1 atom stereocenters. The molecule has 0 bridgehead atoms. The summed E-state index contributed by atoms with van der Waals surface area (Å²) in [6.45, 7) is 0.858. The Bertz CT molecular complexity index is 909. The molecule has 8 heteroatoms. The van der Waals surface area contributed by atoms with Crippen molar-refractivity contribution in [3.8, 4) is 5.75 Å². The summed E-state index contributed by atoms with van der Waals surface area (Å²) in [5, 5.41) is 7.72. The number of nitrogens with one attached hydrogen (secondary N) is 3. The first kappa shape index (κ1) is 15.7. The van der Waals surface area contributed by atoms with Crippen LogP contribution in [-0.2, 0) is 11.2 Å². The molecule has 128 valence electrons. The van der Waals surface area contributed by atoms with Crippen LogP contribution in [0.3, 0.4) is 0 Å². The van der Waals surface area contributed by atoms with Crippen LogP contribution >= 0.6 is 11.6 Å². The predicted molar refractivity (Wildman–Crippen MR) is 95.0 cm³/mol. The molecule has 1 aliphatic rings. The summed E-state index contributed by atoms with van der Waals surface area (Å²) in [6, 6.07) is 7.16. The zero-order valence-corrected chi connectivity index (χ0v) is 14.0. The normalized spacial score (nSPS) is 16.0. The van der Waals surface area contributed by atoms with Crippen LogP contribution in [0, 0.1) is 0 Å². The van der Waals surface area contributed by atoms with Crippen LogP contribution in [0.25, 0.3) is 11.0 Å². The predicted octanol–water partition coefficient (Wildman–Crippen LogP) is 2.14. The van der Waals surface area contributed by atoms with Gasteiger partial charge in [-0.05, 0) is 17.7 Å². The highest BCUT2D eigenvalue weighted by atomic mass is 35.5. The van der Waals surface area contributed by atoms with E-state index in [2.05, 4.69) is 25.6 Å². The quantitative estimate of drug-likeness (QED) is 0.665. The summed E-state index contributed by atoms with van der Waals surface area (Å²) in [6.07, 6.45) is 3.57. The molecule has 25 heavy (non-hydrogen) atoms. The number of hydrogen-bond acceptors (Lipinski definition) is 5. The maximum atomic E-state index is 12.1. The second-order valence-electron chi connectivity index (χ2n) is 5.86. The summed E-state index contributed by atoms with van der Waals surface area (Å²) in [5.41, 5.74) is 1.64. The lowest BCUT2D eigenvalue weighted by Gasteiger charge is -2.17. The number of nitrogens with zero attached hydrogens (tertiary/aromatic N) is 2. The third-order valence-electron chi connectivity index (χ3n) is 4.04. The largest absolute Gasteiger partial charge is 0.489 e. The molecule has 0 radical (unpaired) electrons. The molecule has 4 rings (SSSR count). The first-order chi connectivity index (χ1) is 12.2. The third kappa shape index (κ3) is 3.36. The van der Waals surface area contributed by atoms with E-state index >= 15 is 0 Å². The number of rotatable bonds is 4. The summed E-state index contributed by atoms with van der Waals surface area (Å²) >= 11 is 5.85. The van der Waals surface area contributed by atoms with Gasteiger partial charge in [0.25, 0.3) is 0 Å². The number of carbonyl (C=O) groups is 1. The Labute approximate surface area is 148 Å². The molecule has 2 aromatic heterocycles. The van der Waals surface area contributed by atoms with Crippen molar-refractivity contribution in [1.82, 2.24) is 20.3 Å². The van der Waals surface area contributed by atoms with E-state index in [4.69, 9.17) is 16.3 Å². The van der Waals surface area contributed by atoms with Crippen LogP contribution in [0.1, 0.15) is 5.56 Å². The lowest BCUT2D eigenvalue weighted by Crippen LogP contribution is -2.40. The van der Waals surface area contributed by atoms with Crippen molar-refractivity contribution < 1.29 is 9.53 Å². The first-order valence-corrected chi connectivity index (χ1v) is 8.29. The lowest BCUT2D eigenvalue weighted by molar-refractivity contribution is -0.120. The van der Waals surface area contributed by atoms with Crippen molar-refractivity contribution in [1.29, 1.82) is 0 Å². The van der Waals surface area contributed by atoms with Gasteiger partial charge in [0.15, 0.2) is 0 Å². The van der Waals surface area contributed by atoms with Gasteiger partial charge in [0.1, 0.15) is 35.5 Å². The second-order valence-corrected chi connectivity index (χ2v) is 6.29. The zero-order valence-electron chi connectivity index (χ0n) is 13.3. The van der Waals surface area contributed by atoms with Crippen LogP contribution in [0.15, 0.2) is 36.8 Å². The zero-order chi connectivity index (χ0) is 17.2. The number of halogens is 1. The molecule has 0 unspecified atom stereocenters. The smallest absolute Gasteiger partial charge is 0.224 e. The highest BCUT2D eigenvalue weighted by Gasteiger charge is 2.21. The second kappa shape index (κ2) is 6.60. The van der Waals surface area contributed by atoms with Gasteiger partial charge in [-0.15, -0.1) is 0 Å². The van der Waals surface area contributed by atoms with E-state index in [-0.39, 0.29) is 11.9 Å². The minimum absolute atomic E-state index is 0.0542. The van der Waals surface area contributed by atoms with Gasteiger partial charge in [0.2, 0.25) is 5.91 Å². The van der Waals surface area contributed by atoms with E-state index in [1.807, 2.05) is 12.1 Å². The number of H-pyrrole nitrogens is 1. The van der Waals surface area contributed by atoms with Crippen LogP contribution in [0.4, 0.5) is 5.82 Å². The highest BCUT2D eigenvalue weighted by Crippen LogP contribution is 2.31. The highest BCUT2D eigenvalue weighted by molar-refractivity contribution is 6.30. The number of carbonyl (C=O) groups excluding carboxylic acids is 1. The van der Waals surface area contributed by atoms with Crippen molar-refractivity contribution in [2.75, 3.05) is 18.5 Å². The van der Waals surface area contributed by atoms with E-state index in [0.29, 0.717) is 36.2 Å². The summed E-state index contributed by atoms with van der Waals surface area (Å²) in [5.74, 6) is 1.37. The Balaban J connectivity index is 1.38. The van der Waals surface area contributed by atoms with Crippen molar-refractivity contribution >= 4 is 34.4 Å². The van der Waals surface area contributed by atoms with Gasteiger partial charge < -0.3 is 20.4 Å². The molecule has 7 nitrogen and oxygen atoms in total. The molecule has 1 amide bonds. The SMILES string of the molecule is O=C(Cc1ccc(Cl)cc1)NC[C@H]1COc2c[nH]c3ncnc(c23)N1. The van der Waals surface area contributed by atoms with Crippen LogP contribution in [0.5, 0.6) is 5.75 Å². The lowest BCUT2D eigenvalue weighted by atomic mass is 10.1. The molecule has 1 aliphatic heterocycles. The average molecular weight is 358 g/mol. The monoisotopic (exact) mass is 357 g/mol. The number of benzene rings is 1. The third-order valence-corrected chi connectivity index (χ3v) is 4.29. The van der Waals surface area contributed by atoms with Gasteiger partial charge in [0.05, 0.1) is 12.5 Å². The number of aromatic nitrogens is 3. The molecule has 0 saturated carbocycles. The molecule has 0 saturated heterocycles. The Kier molecular flexibility index (Phi) is 4.15. The number of hydrogen-bond donors (Lipinski definition) is 3. The standard InChI is InChI=1S/C17H16ClN5O2/c18-11-3-1-10(2-4-11)5-14(24)19-6-12-8-25-13-7-20-16-15(13)17(23-12)22-9-21-16/h1-4,7,9,12H,5-6,8H2,(H,19,24)(H2,20,21,22,23)/t12-/m0/s1. The van der Waals surface area contributed by atoms with E-state index in [1.54, 1.807) is 18.3 Å². The molecule has 0 fully saturated rings. The van der Waals surface area contributed by atoms with Gasteiger partial charge in [-0.25, -0.2) is 9.97 Å². The number of aromatic amines is 1.